The zero-order chi connectivity index (χ0) is 22.4. The number of benzene rings is 2. The second kappa shape index (κ2) is 9.97. The quantitative estimate of drug-likeness (QED) is 0.494. The van der Waals surface area contributed by atoms with Crippen molar-refractivity contribution in [2.45, 2.75) is 25.0 Å². The average Bonchev–Trinajstić information content (AvgIpc) is 3.10. The van der Waals surface area contributed by atoms with E-state index < -0.39 is 10.0 Å². The predicted molar refractivity (Wildman–Crippen MR) is 124 cm³/mol. The number of nitrogens with one attached hydrogen (secondary N) is 1. The molecule has 0 fully saturated rings. The molecular weight excluding hydrogens is 434 g/mol. The Labute approximate surface area is 186 Å². The molecule has 0 unspecified atom stereocenters. The van der Waals surface area contributed by atoms with Crippen LogP contribution in [-0.2, 0) is 34.8 Å². The van der Waals surface area contributed by atoms with Crippen molar-refractivity contribution in [3.05, 3.63) is 66.0 Å². The molecule has 2 aromatic carbocycles. The van der Waals surface area contributed by atoms with Crippen LogP contribution in [0, 0.1) is 0 Å². The van der Waals surface area contributed by atoms with E-state index >= 15 is 0 Å². The van der Waals surface area contributed by atoms with E-state index in [1.165, 1.54) is 16.1 Å². The van der Waals surface area contributed by atoms with Crippen LogP contribution < -0.4 is 9.62 Å². The number of anilines is 2. The van der Waals surface area contributed by atoms with E-state index in [1.54, 1.807) is 35.9 Å². The van der Waals surface area contributed by atoms with Crippen LogP contribution in [0.4, 0.5) is 11.4 Å². The SMILES string of the molecule is CCc1ccccc1NC(=O)CSc1nnc(CN(c2ccccc2)S(C)(=O)=O)n1C. The normalized spacial score (nSPS) is 11.3. The summed E-state index contributed by atoms with van der Waals surface area (Å²) in [7, 11) is -1.75. The van der Waals surface area contributed by atoms with Gasteiger partial charge in [-0.2, -0.15) is 0 Å². The van der Waals surface area contributed by atoms with Crippen LogP contribution in [0.15, 0.2) is 59.8 Å². The number of aryl methyl sites for hydroxylation is 1. The molecule has 3 rings (SSSR count). The molecule has 0 saturated heterocycles. The molecule has 1 heterocycles. The van der Waals surface area contributed by atoms with E-state index in [1.807, 2.05) is 37.3 Å². The van der Waals surface area contributed by atoms with E-state index in [2.05, 4.69) is 15.5 Å². The van der Waals surface area contributed by atoms with Gasteiger partial charge in [-0.25, -0.2) is 8.42 Å². The average molecular weight is 460 g/mol. The lowest BCUT2D eigenvalue weighted by Gasteiger charge is -2.21. The molecule has 0 aliphatic rings. The van der Waals surface area contributed by atoms with Crippen LogP contribution in [0.3, 0.4) is 0 Å². The number of carbonyl (C=O) groups is 1. The summed E-state index contributed by atoms with van der Waals surface area (Å²) >= 11 is 1.25. The Kier molecular flexibility index (Phi) is 7.34. The minimum Gasteiger partial charge on any atom is -0.325 e. The van der Waals surface area contributed by atoms with Crippen LogP contribution in [0.25, 0.3) is 0 Å². The van der Waals surface area contributed by atoms with Crippen molar-refractivity contribution in [3.8, 4) is 0 Å². The molecule has 0 bridgehead atoms. The van der Waals surface area contributed by atoms with Gasteiger partial charge in [0.25, 0.3) is 0 Å². The lowest BCUT2D eigenvalue weighted by Crippen LogP contribution is -2.30. The second-order valence-electron chi connectivity index (χ2n) is 6.91. The minimum atomic E-state index is -3.51. The van der Waals surface area contributed by atoms with Gasteiger partial charge in [0, 0.05) is 12.7 Å². The lowest BCUT2D eigenvalue weighted by atomic mass is 10.1. The highest BCUT2D eigenvalue weighted by Crippen LogP contribution is 2.22. The first-order valence-electron chi connectivity index (χ1n) is 9.71. The Bertz CT molecular complexity index is 1150. The Morgan fingerprint density at radius 3 is 2.45 bits per heavy atom. The highest BCUT2D eigenvalue weighted by Gasteiger charge is 2.21. The van der Waals surface area contributed by atoms with Crippen molar-refractivity contribution in [1.29, 1.82) is 0 Å². The molecule has 164 valence electrons. The van der Waals surface area contributed by atoms with Gasteiger partial charge in [-0.3, -0.25) is 9.10 Å². The fraction of sp³-hybridized carbons (Fsp3) is 0.286. The van der Waals surface area contributed by atoms with Gasteiger partial charge in [0.15, 0.2) is 11.0 Å². The number of nitrogens with zero attached hydrogens (tertiary/aromatic N) is 4. The molecule has 0 radical (unpaired) electrons. The number of hydrogen-bond acceptors (Lipinski definition) is 6. The van der Waals surface area contributed by atoms with Gasteiger partial charge >= 0.3 is 0 Å². The summed E-state index contributed by atoms with van der Waals surface area (Å²) < 4.78 is 27.6. The molecule has 8 nitrogen and oxygen atoms in total. The fourth-order valence-electron chi connectivity index (χ4n) is 3.00. The van der Waals surface area contributed by atoms with Crippen molar-refractivity contribution in [2.75, 3.05) is 21.6 Å². The second-order valence-corrected chi connectivity index (χ2v) is 9.76. The largest absolute Gasteiger partial charge is 0.325 e. The summed E-state index contributed by atoms with van der Waals surface area (Å²) in [4.78, 5) is 12.4. The molecule has 1 aromatic heterocycles. The molecule has 10 heteroatoms. The number of thioether (sulfide) groups is 1. The maximum absolute atomic E-state index is 12.4. The van der Waals surface area contributed by atoms with Gasteiger partial charge in [-0.15, -0.1) is 10.2 Å². The molecule has 1 N–H and O–H groups in total. The third-order valence-corrected chi connectivity index (χ3v) is 6.82. The summed E-state index contributed by atoms with van der Waals surface area (Å²) in [5.74, 6) is 0.504. The number of carbonyl (C=O) groups excluding carboxylic acids is 1. The lowest BCUT2D eigenvalue weighted by molar-refractivity contribution is -0.113. The molecule has 1 amide bonds. The van der Waals surface area contributed by atoms with Crippen LogP contribution >= 0.6 is 11.8 Å². The number of para-hydroxylation sites is 2. The first-order valence-corrected chi connectivity index (χ1v) is 12.5. The van der Waals surface area contributed by atoms with Crippen molar-refractivity contribution < 1.29 is 13.2 Å². The van der Waals surface area contributed by atoms with E-state index in [4.69, 9.17) is 0 Å². The maximum Gasteiger partial charge on any atom is 0.234 e. The number of sulfonamides is 1. The standard InChI is InChI=1S/C21H25N5O3S2/c1-4-16-10-8-9-13-18(16)22-20(27)15-30-21-24-23-19(25(21)2)14-26(31(3,28)29)17-11-6-5-7-12-17/h5-13H,4,14-15H2,1-3H3,(H,22,27). The van der Waals surface area contributed by atoms with Crippen molar-refractivity contribution >= 4 is 39.1 Å². The monoisotopic (exact) mass is 459 g/mol. The number of aromatic nitrogens is 3. The molecule has 3 aromatic rings. The van der Waals surface area contributed by atoms with E-state index in [9.17, 15) is 13.2 Å². The molecule has 0 atom stereocenters. The maximum atomic E-state index is 12.4. The number of rotatable bonds is 9. The zero-order valence-corrected chi connectivity index (χ0v) is 19.3. The van der Waals surface area contributed by atoms with E-state index in [0.29, 0.717) is 16.7 Å². The Balaban J connectivity index is 1.68. The highest BCUT2D eigenvalue weighted by atomic mass is 32.2. The molecule has 31 heavy (non-hydrogen) atoms. The minimum absolute atomic E-state index is 0.0446. The zero-order valence-electron chi connectivity index (χ0n) is 17.6. The molecular formula is C21H25N5O3S2. The predicted octanol–water partition coefficient (Wildman–Crippen LogP) is 3.07. The van der Waals surface area contributed by atoms with Gasteiger partial charge < -0.3 is 9.88 Å². The topological polar surface area (TPSA) is 97.2 Å². The summed E-state index contributed by atoms with van der Waals surface area (Å²) in [6, 6.07) is 16.5. The highest BCUT2D eigenvalue weighted by molar-refractivity contribution is 7.99. The summed E-state index contributed by atoms with van der Waals surface area (Å²) in [6.45, 7) is 2.08. The summed E-state index contributed by atoms with van der Waals surface area (Å²) in [6.07, 6.45) is 1.99. The smallest absolute Gasteiger partial charge is 0.234 e. The Morgan fingerprint density at radius 2 is 1.77 bits per heavy atom. The number of hydrogen-bond donors (Lipinski definition) is 1. The van der Waals surface area contributed by atoms with Crippen molar-refractivity contribution in [2.24, 2.45) is 7.05 Å². The van der Waals surface area contributed by atoms with Gasteiger partial charge in [0.2, 0.25) is 15.9 Å². The van der Waals surface area contributed by atoms with Gasteiger partial charge in [0.05, 0.1) is 24.2 Å². The van der Waals surface area contributed by atoms with Crippen molar-refractivity contribution in [1.82, 2.24) is 14.8 Å². The first-order chi connectivity index (χ1) is 14.8. The van der Waals surface area contributed by atoms with Crippen LogP contribution in [0.1, 0.15) is 18.3 Å². The van der Waals surface area contributed by atoms with Crippen LogP contribution in [0.5, 0.6) is 0 Å². The van der Waals surface area contributed by atoms with E-state index in [0.717, 1.165) is 23.9 Å². The van der Waals surface area contributed by atoms with Gasteiger partial charge in [0.1, 0.15) is 0 Å². The van der Waals surface area contributed by atoms with Crippen LogP contribution in [-0.4, -0.2) is 41.1 Å². The third kappa shape index (κ3) is 5.86. The Morgan fingerprint density at radius 1 is 1.10 bits per heavy atom. The third-order valence-electron chi connectivity index (χ3n) is 4.66. The first kappa shape index (κ1) is 22.8. The Hall–Kier alpha value is -2.85. The molecule has 0 saturated carbocycles. The summed E-state index contributed by atoms with van der Waals surface area (Å²) in [5.41, 5.74) is 2.43. The van der Waals surface area contributed by atoms with Gasteiger partial charge in [-0.1, -0.05) is 55.1 Å². The van der Waals surface area contributed by atoms with Gasteiger partial charge in [-0.05, 0) is 30.2 Å². The molecule has 0 aliphatic carbocycles. The van der Waals surface area contributed by atoms with E-state index in [-0.39, 0.29) is 18.2 Å². The molecule has 0 spiro atoms. The van der Waals surface area contributed by atoms with Crippen LogP contribution in [0.2, 0.25) is 0 Å². The summed E-state index contributed by atoms with van der Waals surface area (Å²) in [5, 5.41) is 11.7. The number of amides is 1. The van der Waals surface area contributed by atoms with Crippen molar-refractivity contribution in [3.63, 3.8) is 0 Å². The molecule has 0 aliphatic heterocycles. The fourth-order valence-corrected chi connectivity index (χ4v) is 4.58.